The van der Waals surface area contributed by atoms with Gasteiger partial charge in [0.1, 0.15) is 12.0 Å². The van der Waals surface area contributed by atoms with Gasteiger partial charge in [0, 0.05) is 42.0 Å². The largest absolute Gasteiger partial charge is 0.387 e. The number of aliphatic hydroxyl groups is 1. The molecule has 0 spiro atoms. The first-order valence-electron chi connectivity index (χ1n) is 10.5. The number of amides is 1. The SMILES string of the molecule is Cc1cc([C@H](O)CCCF)ncc1-c1cc2cnc(NC(=O)[C@H]3C[C@H]3F)cc2n(C)c1=O. The van der Waals surface area contributed by atoms with Crippen LogP contribution in [0.2, 0.25) is 0 Å². The van der Waals surface area contributed by atoms with E-state index in [0.717, 1.165) is 5.56 Å². The van der Waals surface area contributed by atoms with Crippen LogP contribution in [0, 0.1) is 12.8 Å². The number of aromatic nitrogens is 3. The second kappa shape index (κ2) is 8.74. The summed E-state index contributed by atoms with van der Waals surface area (Å²) in [4.78, 5) is 33.6. The van der Waals surface area contributed by atoms with Crippen molar-refractivity contribution in [2.45, 2.75) is 38.5 Å². The fraction of sp³-hybridized carbons (Fsp3) is 0.391. The predicted molar refractivity (Wildman–Crippen MR) is 117 cm³/mol. The van der Waals surface area contributed by atoms with E-state index in [1.165, 1.54) is 10.8 Å². The van der Waals surface area contributed by atoms with Gasteiger partial charge in [0.2, 0.25) is 5.91 Å². The number of hydrogen-bond donors (Lipinski definition) is 2. The molecule has 3 aromatic rings. The van der Waals surface area contributed by atoms with Gasteiger partial charge in [0.05, 0.1) is 29.9 Å². The fourth-order valence-corrected chi connectivity index (χ4v) is 3.74. The number of carbonyl (C=O) groups is 1. The summed E-state index contributed by atoms with van der Waals surface area (Å²) in [6.45, 7) is 1.32. The maximum absolute atomic E-state index is 13.1. The Kier molecular flexibility index (Phi) is 6.01. The molecule has 4 rings (SSSR count). The minimum Gasteiger partial charge on any atom is -0.387 e. The number of hydrogen-bond acceptors (Lipinski definition) is 5. The lowest BCUT2D eigenvalue weighted by atomic mass is 10.0. The lowest BCUT2D eigenvalue weighted by Crippen LogP contribution is -2.20. The average molecular weight is 442 g/mol. The molecule has 1 aliphatic carbocycles. The number of rotatable bonds is 7. The number of anilines is 1. The Labute approximate surface area is 183 Å². The van der Waals surface area contributed by atoms with Gasteiger partial charge in [-0.3, -0.25) is 19.0 Å². The van der Waals surface area contributed by atoms with Gasteiger partial charge < -0.3 is 15.0 Å². The Hall–Kier alpha value is -3.20. The molecule has 1 amide bonds. The summed E-state index contributed by atoms with van der Waals surface area (Å²) < 4.78 is 26.9. The third-order valence-corrected chi connectivity index (χ3v) is 5.78. The average Bonchev–Trinajstić information content (AvgIpc) is 3.51. The van der Waals surface area contributed by atoms with Crippen LogP contribution in [-0.2, 0) is 11.8 Å². The predicted octanol–water partition coefficient (Wildman–Crippen LogP) is 3.38. The van der Waals surface area contributed by atoms with E-state index >= 15 is 0 Å². The maximum atomic E-state index is 13.1. The first-order valence-corrected chi connectivity index (χ1v) is 10.5. The van der Waals surface area contributed by atoms with Crippen molar-refractivity contribution in [1.29, 1.82) is 0 Å². The van der Waals surface area contributed by atoms with E-state index in [0.29, 0.717) is 27.7 Å². The lowest BCUT2D eigenvalue weighted by molar-refractivity contribution is -0.117. The van der Waals surface area contributed by atoms with Crippen molar-refractivity contribution in [3.8, 4) is 11.1 Å². The Morgan fingerprint density at radius 1 is 1.28 bits per heavy atom. The minimum atomic E-state index is -1.10. The highest BCUT2D eigenvalue weighted by Crippen LogP contribution is 2.34. The zero-order chi connectivity index (χ0) is 23.0. The highest BCUT2D eigenvalue weighted by molar-refractivity contribution is 5.95. The minimum absolute atomic E-state index is 0.223. The molecule has 3 heterocycles. The molecule has 0 radical (unpaired) electrons. The Morgan fingerprint density at radius 2 is 2.03 bits per heavy atom. The molecule has 0 aliphatic heterocycles. The van der Waals surface area contributed by atoms with Gasteiger partial charge in [-0.05, 0) is 43.9 Å². The molecule has 3 atom stereocenters. The van der Waals surface area contributed by atoms with Crippen LogP contribution in [0.1, 0.15) is 36.6 Å². The Balaban J connectivity index is 1.66. The monoisotopic (exact) mass is 442 g/mol. The van der Waals surface area contributed by atoms with E-state index in [4.69, 9.17) is 0 Å². The number of nitrogens with one attached hydrogen (secondary N) is 1. The number of aliphatic hydroxyl groups excluding tert-OH is 1. The molecule has 9 heteroatoms. The van der Waals surface area contributed by atoms with Gasteiger partial charge in [0.15, 0.2) is 0 Å². The summed E-state index contributed by atoms with van der Waals surface area (Å²) >= 11 is 0. The molecule has 32 heavy (non-hydrogen) atoms. The molecule has 168 valence electrons. The van der Waals surface area contributed by atoms with Crippen molar-refractivity contribution in [2.24, 2.45) is 13.0 Å². The number of halogens is 2. The highest BCUT2D eigenvalue weighted by Gasteiger charge is 2.43. The third-order valence-electron chi connectivity index (χ3n) is 5.78. The van der Waals surface area contributed by atoms with E-state index in [9.17, 15) is 23.5 Å². The number of carbonyl (C=O) groups excluding carboxylic acids is 1. The van der Waals surface area contributed by atoms with Crippen molar-refractivity contribution < 1.29 is 18.7 Å². The number of nitrogens with zero attached hydrogens (tertiary/aromatic N) is 3. The smallest absolute Gasteiger partial charge is 0.258 e. The van der Waals surface area contributed by atoms with Crippen molar-refractivity contribution in [2.75, 3.05) is 12.0 Å². The second-order valence-electron chi connectivity index (χ2n) is 8.17. The molecule has 1 fully saturated rings. The Morgan fingerprint density at radius 3 is 2.69 bits per heavy atom. The summed E-state index contributed by atoms with van der Waals surface area (Å²) in [7, 11) is 1.62. The van der Waals surface area contributed by atoms with E-state index in [1.807, 2.05) is 6.92 Å². The first kappa shape index (κ1) is 22.0. The van der Waals surface area contributed by atoms with Crippen LogP contribution in [-0.4, -0.2) is 38.4 Å². The van der Waals surface area contributed by atoms with Crippen LogP contribution in [0.15, 0.2) is 35.4 Å². The Bertz CT molecular complexity index is 1240. The molecule has 0 unspecified atom stereocenters. The van der Waals surface area contributed by atoms with Crippen molar-refractivity contribution in [3.05, 3.63) is 52.2 Å². The molecule has 1 saturated carbocycles. The van der Waals surface area contributed by atoms with E-state index in [1.54, 1.807) is 31.4 Å². The topological polar surface area (TPSA) is 97.1 Å². The zero-order valence-corrected chi connectivity index (χ0v) is 17.8. The lowest BCUT2D eigenvalue weighted by Gasteiger charge is -2.14. The van der Waals surface area contributed by atoms with Crippen LogP contribution in [0.25, 0.3) is 22.0 Å². The third kappa shape index (κ3) is 4.25. The number of fused-ring (bicyclic) bond motifs is 1. The standard InChI is InChI=1S/C23H24F2N4O3/c1-12-6-18(20(30)4-3-5-24)26-11-16(12)14-7-13-10-27-21(9-19(13)29(2)23(14)32)28-22(31)15-8-17(15)25/h6-7,9-11,15,17,20,30H,3-5,8H2,1-2H3,(H,27,28,31)/t15-,17+,20+/m0/s1. The molecule has 0 saturated heterocycles. The van der Waals surface area contributed by atoms with Gasteiger partial charge in [-0.25, -0.2) is 9.37 Å². The van der Waals surface area contributed by atoms with E-state index < -0.39 is 30.8 Å². The molecule has 3 aromatic heterocycles. The van der Waals surface area contributed by atoms with Gasteiger partial charge >= 0.3 is 0 Å². The summed E-state index contributed by atoms with van der Waals surface area (Å²) in [5.74, 6) is -0.789. The van der Waals surface area contributed by atoms with E-state index in [2.05, 4.69) is 15.3 Å². The van der Waals surface area contributed by atoms with Crippen LogP contribution in [0.3, 0.4) is 0 Å². The first-order chi connectivity index (χ1) is 15.3. The van der Waals surface area contributed by atoms with Gasteiger partial charge in [-0.2, -0.15) is 0 Å². The fourth-order valence-electron chi connectivity index (χ4n) is 3.74. The number of alkyl halides is 2. The molecular weight excluding hydrogens is 418 g/mol. The summed E-state index contributed by atoms with van der Waals surface area (Å²) in [6, 6.07) is 5.00. The van der Waals surface area contributed by atoms with Crippen molar-refractivity contribution in [1.82, 2.24) is 14.5 Å². The van der Waals surface area contributed by atoms with Crippen molar-refractivity contribution in [3.63, 3.8) is 0 Å². The van der Waals surface area contributed by atoms with Crippen LogP contribution in [0.4, 0.5) is 14.6 Å². The molecule has 0 bridgehead atoms. The van der Waals surface area contributed by atoms with Crippen LogP contribution in [0.5, 0.6) is 0 Å². The van der Waals surface area contributed by atoms with Crippen molar-refractivity contribution >= 4 is 22.6 Å². The van der Waals surface area contributed by atoms with Gasteiger partial charge in [-0.1, -0.05) is 0 Å². The van der Waals surface area contributed by atoms with Crippen LogP contribution >= 0.6 is 0 Å². The molecular formula is C23H24F2N4O3. The molecule has 0 aromatic carbocycles. The van der Waals surface area contributed by atoms with E-state index in [-0.39, 0.29) is 30.6 Å². The van der Waals surface area contributed by atoms with Crippen LogP contribution < -0.4 is 10.9 Å². The summed E-state index contributed by atoms with van der Waals surface area (Å²) in [5.41, 5.74) is 2.54. The molecule has 1 aliphatic rings. The molecule has 2 N–H and O–H groups in total. The summed E-state index contributed by atoms with van der Waals surface area (Å²) in [6.07, 6.45) is 1.87. The zero-order valence-electron chi connectivity index (χ0n) is 17.8. The maximum Gasteiger partial charge on any atom is 0.258 e. The summed E-state index contributed by atoms with van der Waals surface area (Å²) in [5, 5.41) is 13.4. The van der Waals surface area contributed by atoms with Gasteiger partial charge in [-0.15, -0.1) is 0 Å². The normalized spacial score (nSPS) is 18.5. The van der Waals surface area contributed by atoms with Gasteiger partial charge in [0.25, 0.3) is 5.56 Å². The number of pyridine rings is 3. The highest BCUT2D eigenvalue weighted by atomic mass is 19.1. The quantitative estimate of drug-likeness (QED) is 0.585. The molecule has 7 nitrogen and oxygen atoms in total. The number of aryl methyl sites for hydroxylation is 2. The second-order valence-corrected chi connectivity index (χ2v) is 8.17.